The van der Waals surface area contributed by atoms with Crippen molar-refractivity contribution in [3.05, 3.63) is 66.0 Å². The number of anilines is 1. The molecule has 0 spiro atoms. The van der Waals surface area contributed by atoms with E-state index in [-0.39, 0.29) is 11.6 Å². The van der Waals surface area contributed by atoms with Gasteiger partial charge in [0.05, 0.1) is 6.07 Å². The summed E-state index contributed by atoms with van der Waals surface area (Å²) in [5.74, 6) is -0.685. The summed E-state index contributed by atoms with van der Waals surface area (Å²) in [6, 6.07) is 15.0. The highest BCUT2D eigenvalue weighted by molar-refractivity contribution is 6.01. The number of nitrogens with zero attached hydrogens (tertiary/aromatic N) is 1. The lowest BCUT2D eigenvalue weighted by Crippen LogP contribution is -2.39. The van der Waals surface area contributed by atoms with E-state index in [1.54, 1.807) is 30.3 Å². The second-order valence-electron chi connectivity index (χ2n) is 4.07. The molecule has 2 rings (SSSR count). The van der Waals surface area contributed by atoms with Crippen molar-refractivity contribution in [1.82, 2.24) is 5.43 Å². The van der Waals surface area contributed by atoms with Crippen molar-refractivity contribution in [3.8, 4) is 6.07 Å². The quantitative estimate of drug-likeness (QED) is 0.646. The first-order chi connectivity index (χ1) is 9.70. The highest BCUT2D eigenvalue weighted by Gasteiger charge is 2.18. The van der Waals surface area contributed by atoms with E-state index in [4.69, 9.17) is 5.26 Å². The van der Waals surface area contributed by atoms with E-state index in [0.717, 1.165) is 0 Å². The number of rotatable bonds is 5. The van der Waals surface area contributed by atoms with E-state index in [2.05, 4.69) is 10.9 Å². The normalized spacial score (nSPS) is 11.4. The van der Waals surface area contributed by atoms with Crippen molar-refractivity contribution in [2.24, 2.45) is 0 Å². The molecule has 5 heteroatoms. The number of ketones is 1. The van der Waals surface area contributed by atoms with Gasteiger partial charge in [0.2, 0.25) is 0 Å². The van der Waals surface area contributed by atoms with Gasteiger partial charge in [0.25, 0.3) is 0 Å². The van der Waals surface area contributed by atoms with E-state index in [9.17, 15) is 9.18 Å². The smallest absolute Gasteiger partial charge is 0.195 e. The summed E-state index contributed by atoms with van der Waals surface area (Å²) in [6.45, 7) is 0. The number of carbonyl (C=O) groups is 1. The summed E-state index contributed by atoms with van der Waals surface area (Å²) in [6.07, 6.45) is 0. The molecule has 0 saturated carbocycles. The zero-order valence-corrected chi connectivity index (χ0v) is 10.5. The minimum Gasteiger partial charge on any atom is -0.320 e. The first-order valence-electron chi connectivity index (χ1n) is 5.96. The van der Waals surface area contributed by atoms with Gasteiger partial charge in [-0.15, -0.1) is 0 Å². The van der Waals surface area contributed by atoms with Gasteiger partial charge in [0, 0.05) is 11.3 Å². The van der Waals surface area contributed by atoms with Crippen LogP contribution in [0.5, 0.6) is 0 Å². The molecule has 100 valence electrons. The molecule has 0 heterocycles. The van der Waals surface area contributed by atoms with E-state index in [1.807, 2.05) is 6.07 Å². The van der Waals surface area contributed by atoms with Gasteiger partial charge in [-0.1, -0.05) is 30.3 Å². The molecule has 0 aliphatic rings. The maximum atomic E-state index is 12.7. The predicted molar refractivity (Wildman–Crippen MR) is 73.3 cm³/mol. The summed E-state index contributed by atoms with van der Waals surface area (Å²) in [4.78, 5) is 12.1. The molecule has 2 aromatic rings. The maximum Gasteiger partial charge on any atom is 0.195 e. The van der Waals surface area contributed by atoms with Crippen LogP contribution in [0, 0.1) is 17.1 Å². The second kappa shape index (κ2) is 6.45. The van der Waals surface area contributed by atoms with Gasteiger partial charge in [-0.05, 0) is 24.3 Å². The molecule has 0 saturated heterocycles. The maximum absolute atomic E-state index is 12.7. The average Bonchev–Trinajstić information content (AvgIpc) is 2.50. The van der Waals surface area contributed by atoms with Gasteiger partial charge in [-0.25, -0.2) is 9.82 Å². The van der Waals surface area contributed by atoms with Crippen molar-refractivity contribution in [2.75, 3.05) is 5.43 Å². The summed E-state index contributed by atoms with van der Waals surface area (Å²) < 4.78 is 12.7. The number of Topliss-reactive ketones (excluding diaryl/α,β-unsaturated/α-hetero) is 1. The molecule has 1 atom stereocenters. The number of hydrogen-bond acceptors (Lipinski definition) is 4. The van der Waals surface area contributed by atoms with Crippen LogP contribution < -0.4 is 10.9 Å². The number of nitriles is 1. The molecule has 1 unspecified atom stereocenters. The second-order valence-corrected chi connectivity index (χ2v) is 4.07. The van der Waals surface area contributed by atoms with Crippen LogP contribution in [0.1, 0.15) is 10.4 Å². The number of carbonyl (C=O) groups excluding carboxylic acids is 1. The fourth-order valence-corrected chi connectivity index (χ4v) is 1.61. The first-order valence-corrected chi connectivity index (χ1v) is 5.96. The van der Waals surface area contributed by atoms with Crippen LogP contribution in [-0.2, 0) is 0 Å². The third-order valence-electron chi connectivity index (χ3n) is 2.65. The van der Waals surface area contributed by atoms with E-state index in [1.165, 1.54) is 24.3 Å². The molecular weight excluding hydrogens is 257 g/mol. The van der Waals surface area contributed by atoms with Crippen molar-refractivity contribution in [1.29, 1.82) is 5.26 Å². The molecule has 0 fully saturated rings. The van der Waals surface area contributed by atoms with Crippen LogP contribution in [0.15, 0.2) is 54.6 Å². The van der Waals surface area contributed by atoms with Gasteiger partial charge in [0.1, 0.15) is 5.82 Å². The van der Waals surface area contributed by atoms with Gasteiger partial charge < -0.3 is 5.43 Å². The van der Waals surface area contributed by atoms with Crippen LogP contribution >= 0.6 is 0 Å². The van der Waals surface area contributed by atoms with Crippen LogP contribution in [0.2, 0.25) is 0 Å². The van der Waals surface area contributed by atoms with Gasteiger partial charge in [0.15, 0.2) is 11.8 Å². The molecule has 0 radical (unpaired) electrons. The predicted octanol–water partition coefficient (Wildman–Crippen LogP) is 2.52. The fraction of sp³-hybridized carbons (Fsp3) is 0.0667. The van der Waals surface area contributed by atoms with Crippen molar-refractivity contribution in [3.63, 3.8) is 0 Å². The largest absolute Gasteiger partial charge is 0.320 e. The third-order valence-corrected chi connectivity index (χ3v) is 2.65. The molecule has 2 aromatic carbocycles. The Labute approximate surface area is 115 Å². The van der Waals surface area contributed by atoms with Gasteiger partial charge >= 0.3 is 0 Å². The Hall–Kier alpha value is -2.71. The Morgan fingerprint density at radius 1 is 1.10 bits per heavy atom. The Morgan fingerprint density at radius 3 is 2.35 bits per heavy atom. The average molecular weight is 269 g/mol. The lowest BCUT2D eigenvalue weighted by atomic mass is 10.1. The molecule has 0 amide bonds. The molecule has 4 nitrogen and oxygen atoms in total. The van der Waals surface area contributed by atoms with Crippen LogP contribution in [-0.4, -0.2) is 11.8 Å². The van der Waals surface area contributed by atoms with Crippen LogP contribution in [0.4, 0.5) is 10.1 Å². The van der Waals surface area contributed by atoms with E-state index in [0.29, 0.717) is 11.3 Å². The van der Waals surface area contributed by atoms with E-state index >= 15 is 0 Å². The summed E-state index contributed by atoms with van der Waals surface area (Å²) >= 11 is 0. The minimum absolute atomic E-state index is 0.331. The molecule has 2 N–H and O–H groups in total. The SMILES string of the molecule is N#CC(NNc1ccc(F)cc1)C(=O)c1ccccc1. The molecule has 0 aliphatic heterocycles. The topological polar surface area (TPSA) is 64.9 Å². The lowest BCUT2D eigenvalue weighted by molar-refractivity contribution is 0.0969. The monoisotopic (exact) mass is 269 g/mol. The van der Waals surface area contributed by atoms with E-state index < -0.39 is 6.04 Å². The zero-order valence-electron chi connectivity index (χ0n) is 10.5. The minimum atomic E-state index is -1.03. The first kappa shape index (κ1) is 13.7. The standard InChI is InChI=1S/C15H12FN3O/c16-12-6-8-13(9-7-12)18-19-14(10-17)15(20)11-4-2-1-3-5-11/h1-9,14,18-19H. The van der Waals surface area contributed by atoms with Crippen LogP contribution in [0.25, 0.3) is 0 Å². The number of hydrazine groups is 1. The number of hydrogen-bond donors (Lipinski definition) is 2. The Morgan fingerprint density at radius 2 is 1.75 bits per heavy atom. The molecule has 0 bridgehead atoms. The third kappa shape index (κ3) is 3.40. The molecule has 0 aliphatic carbocycles. The Balaban J connectivity index is 2.01. The number of nitrogens with one attached hydrogen (secondary N) is 2. The number of benzene rings is 2. The Kier molecular flexibility index (Phi) is 4.43. The lowest BCUT2D eigenvalue weighted by Gasteiger charge is -2.12. The van der Waals surface area contributed by atoms with Crippen molar-refractivity contribution >= 4 is 11.5 Å². The summed E-state index contributed by atoms with van der Waals surface area (Å²) in [5.41, 5.74) is 6.35. The molecule has 20 heavy (non-hydrogen) atoms. The van der Waals surface area contributed by atoms with Crippen molar-refractivity contribution < 1.29 is 9.18 Å². The highest BCUT2D eigenvalue weighted by atomic mass is 19.1. The van der Waals surface area contributed by atoms with Crippen LogP contribution in [0.3, 0.4) is 0 Å². The molecular formula is C15H12FN3O. The highest BCUT2D eigenvalue weighted by Crippen LogP contribution is 2.08. The zero-order chi connectivity index (χ0) is 14.4. The van der Waals surface area contributed by atoms with Crippen molar-refractivity contribution in [2.45, 2.75) is 6.04 Å². The Bertz CT molecular complexity index is 620. The summed E-state index contributed by atoms with van der Waals surface area (Å²) in [5, 5.41) is 9.05. The van der Waals surface area contributed by atoms with Gasteiger partial charge in [-0.3, -0.25) is 4.79 Å². The van der Waals surface area contributed by atoms with Gasteiger partial charge in [-0.2, -0.15) is 5.26 Å². The number of halogens is 1. The molecule has 0 aromatic heterocycles. The fourth-order valence-electron chi connectivity index (χ4n) is 1.61. The summed E-state index contributed by atoms with van der Waals surface area (Å²) in [7, 11) is 0.